The fourth-order valence-corrected chi connectivity index (χ4v) is 2.48. The van der Waals surface area contributed by atoms with Gasteiger partial charge in [-0.15, -0.1) is 0 Å². The highest BCUT2D eigenvalue weighted by Crippen LogP contribution is 2.11. The minimum atomic E-state index is -1.64. The predicted octanol–water partition coefficient (Wildman–Crippen LogP) is 2.78. The summed E-state index contributed by atoms with van der Waals surface area (Å²) in [7, 11) is 0.150. The lowest BCUT2D eigenvalue weighted by atomic mass is 10.1. The Bertz CT molecular complexity index is 325. The second-order valence-electron chi connectivity index (χ2n) is 4.07. The molecule has 0 unspecified atom stereocenters. The van der Waals surface area contributed by atoms with Crippen molar-refractivity contribution in [3.63, 3.8) is 0 Å². The van der Waals surface area contributed by atoms with E-state index in [1.54, 1.807) is 7.11 Å². The van der Waals surface area contributed by atoms with Crippen LogP contribution in [0.1, 0.15) is 12.5 Å². The maximum absolute atomic E-state index is 5.54. The molecule has 1 aromatic rings. The quantitative estimate of drug-likeness (QED) is 0.691. The maximum atomic E-state index is 5.54. The molecule has 0 spiro atoms. The molecule has 0 heterocycles. The van der Waals surface area contributed by atoms with Gasteiger partial charge in [-0.3, -0.25) is 0 Å². The van der Waals surface area contributed by atoms with Crippen molar-refractivity contribution >= 4 is 19.1 Å². The first kappa shape index (κ1) is 11.2. The van der Waals surface area contributed by atoms with E-state index in [0.29, 0.717) is 0 Å². The molecule has 76 valence electrons. The zero-order chi connectivity index (χ0) is 10.8. The maximum Gasteiger partial charge on any atom is 0.217 e. The van der Waals surface area contributed by atoms with Crippen LogP contribution in [0.15, 0.2) is 30.8 Å². The number of benzene rings is 1. The molecule has 0 fully saturated rings. The summed E-state index contributed by atoms with van der Waals surface area (Å²) >= 11 is 0. The Morgan fingerprint density at radius 2 is 1.71 bits per heavy atom. The fraction of sp³-hybridized carbons (Fsp3) is 0.333. The van der Waals surface area contributed by atoms with Crippen molar-refractivity contribution in [2.45, 2.75) is 20.0 Å². The average Bonchev–Trinajstić information content (AvgIpc) is 2.18. The van der Waals surface area contributed by atoms with E-state index < -0.39 is 8.32 Å². The molecule has 0 saturated carbocycles. The van der Waals surface area contributed by atoms with E-state index in [0.717, 1.165) is 5.57 Å². The summed E-state index contributed by atoms with van der Waals surface area (Å²) in [5.41, 5.74) is 2.31. The van der Waals surface area contributed by atoms with Crippen LogP contribution in [-0.2, 0) is 4.43 Å². The van der Waals surface area contributed by atoms with Gasteiger partial charge in [-0.1, -0.05) is 36.4 Å². The Balaban J connectivity index is 2.99. The lowest BCUT2D eigenvalue weighted by molar-refractivity contribution is 0.416. The molecule has 0 N–H and O–H groups in total. The minimum absolute atomic E-state index is 1.11. The Morgan fingerprint density at radius 1 is 1.21 bits per heavy atom. The second-order valence-corrected chi connectivity index (χ2v) is 8.08. The van der Waals surface area contributed by atoms with Gasteiger partial charge in [0.25, 0.3) is 0 Å². The number of hydrogen-bond donors (Lipinski definition) is 0. The molecule has 1 aromatic carbocycles. The van der Waals surface area contributed by atoms with Crippen molar-refractivity contribution in [3.8, 4) is 0 Å². The first-order chi connectivity index (χ1) is 6.47. The topological polar surface area (TPSA) is 9.23 Å². The highest BCUT2D eigenvalue weighted by molar-refractivity contribution is 6.84. The second kappa shape index (κ2) is 4.11. The monoisotopic (exact) mass is 206 g/mol. The lowest BCUT2D eigenvalue weighted by Gasteiger charge is -2.20. The SMILES string of the molecule is C=C(C)c1ccc([Si](C)(C)OC)cc1. The predicted molar refractivity (Wildman–Crippen MR) is 65.3 cm³/mol. The summed E-state index contributed by atoms with van der Waals surface area (Å²) in [4.78, 5) is 0. The number of hydrogen-bond acceptors (Lipinski definition) is 1. The third-order valence-corrected chi connectivity index (χ3v) is 5.33. The van der Waals surface area contributed by atoms with Crippen molar-refractivity contribution in [2.75, 3.05) is 7.11 Å². The van der Waals surface area contributed by atoms with Gasteiger partial charge in [0.05, 0.1) is 0 Å². The van der Waals surface area contributed by atoms with E-state index in [1.165, 1.54) is 10.8 Å². The first-order valence-electron chi connectivity index (χ1n) is 4.79. The van der Waals surface area contributed by atoms with Gasteiger partial charge in [-0.05, 0) is 30.8 Å². The third kappa shape index (κ3) is 2.34. The lowest BCUT2D eigenvalue weighted by Crippen LogP contribution is -2.43. The van der Waals surface area contributed by atoms with Gasteiger partial charge in [-0.25, -0.2) is 0 Å². The van der Waals surface area contributed by atoms with E-state index >= 15 is 0 Å². The minimum Gasteiger partial charge on any atom is -0.416 e. The fourth-order valence-electron chi connectivity index (χ4n) is 1.27. The molecule has 0 aliphatic carbocycles. The first-order valence-corrected chi connectivity index (χ1v) is 7.70. The van der Waals surface area contributed by atoms with Crippen LogP contribution in [0.2, 0.25) is 13.1 Å². The smallest absolute Gasteiger partial charge is 0.217 e. The van der Waals surface area contributed by atoms with Crippen molar-refractivity contribution in [2.24, 2.45) is 0 Å². The van der Waals surface area contributed by atoms with E-state index in [4.69, 9.17) is 4.43 Å². The molecule has 1 nitrogen and oxygen atoms in total. The van der Waals surface area contributed by atoms with Crippen molar-refractivity contribution in [1.82, 2.24) is 0 Å². The van der Waals surface area contributed by atoms with Crippen molar-refractivity contribution in [1.29, 1.82) is 0 Å². The molecule has 14 heavy (non-hydrogen) atoms. The molecular weight excluding hydrogens is 188 g/mol. The molecule has 0 amide bonds. The number of rotatable bonds is 3. The van der Waals surface area contributed by atoms with Gasteiger partial charge in [-0.2, -0.15) is 0 Å². The van der Waals surface area contributed by atoms with E-state index in [2.05, 4.69) is 43.9 Å². The zero-order valence-electron chi connectivity index (χ0n) is 9.42. The molecular formula is C12H18OSi. The van der Waals surface area contributed by atoms with Crippen molar-refractivity contribution in [3.05, 3.63) is 36.4 Å². The van der Waals surface area contributed by atoms with Crippen LogP contribution in [0.5, 0.6) is 0 Å². The standard InChI is InChI=1S/C12H18OSi/c1-10(2)11-6-8-12(9-7-11)14(4,5)13-3/h6-9H,1H2,2-5H3. The van der Waals surface area contributed by atoms with Gasteiger partial charge in [0, 0.05) is 7.11 Å². The van der Waals surface area contributed by atoms with Crippen molar-refractivity contribution < 1.29 is 4.43 Å². The molecule has 0 bridgehead atoms. The van der Waals surface area contributed by atoms with Crippen LogP contribution >= 0.6 is 0 Å². The summed E-state index contributed by atoms with van der Waals surface area (Å²) in [6.45, 7) is 10.3. The Labute approximate surface area is 87.5 Å². The highest BCUT2D eigenvalue weighted by atomic mass is 28.4. The summed E-state index contributed by atoms with van der Waals surface area (Å²) in [6, 6.07) is 8.54. The van der Waals surface area contributed by atoms with Gasteiger partial charge < -0.3 is 4.43 Å². The molecule has 0 atom stereocenters. The highest BCUT2D eigenvalue weighted by Gasteiger charge is 2.22. The average molecular weight is 206 g/mol. The molecule has 0 aliphatic rings. The molecule has 1 rings (SSSR count). The van der Waals surface area contributed by atoms with E-state index in [1.807, 2.05) is 6.92 Å². The van der Waals surface area contributed by atoms with E-state index in [9.17, 15) is 0 Å². The van der Waals surface area contributed by atoms with Crippen LogP contribution in [0.25, 0.3) is 5.57 Å². The van der Waals surface area contributed by atoms with E-state index in [-0.39, 0.29) is 0 Å². The van der Waals surface area contributed by atoms with Gasteiger partial charge in [0.1, 0.15) is 0 Å². The number of allylic oxidation sites excluding steroid dienone is 1. The van der Waals surface area contributed by atoms with Gasteiger partial charge in [0.15, 0.2) is 0 Å². The van der Waals surface area contributed by atoms with Gasteiger partial charge >= 0.3 is 0 Å². The Hall–Kier alpha value is -0.863. The van der Waals surface area contributed by atoms with Gasteiger partial charge in [0.2, 0.25) is 8.32 Å². The molecule has 0 saturated heterocycles. The normalized spacial score (nSPS) is 11.4. The largest absolute Gasteiger partial charge is 0.416 e. The summed E-state index contributed by atoms with van der Waals surface area (Å²) in [5, 5.41) is 1.32. The summed E-state index contributed by atoms with van der Waals surface area (Å²) in [6.07, 6.45) is 0. The van der Waals surface area contributed by atoms with Crippen LogP contribution in [0.3, 0.4) is 0 Å². The molecule has 0 radical (unpaired) electrons. The summed E-state index contributed by atoms with van der Waals surface area (Å²) in [5.74, 6) is 0. The molecule has 2 heteroatoms. The third-order valence-electron chi connectivity index (χ3n) is 2.58. The van der Waals surface area contributed by atoms with Crippen LogP contribution in [0, 0.1) is 0 Å². The summed E-state index contributed by atoms with van der Waals surface area (Å²) < 4.78 is 5.54. The van der Waals surface area contributed by atoms with Crippen LogP contribution in [0.4, 0.5) is 0 Å². The zero-order valence-corrected chi connectivity index (χ0v) is 10.4. The Kier molecular flexibility index (Phi) is 3.29. The Morgan fingerprint density at radius 3 is 2.07 bits per heavy atom. The molecule has 0 aliphatic heterocycles. The van der Waals surface area contributed by atoms with Crippen LogP contribution in [-0.4, -0.2) is 15.4 Å². The molecule has 0 aromatic heterocycles. The van der Waals surface area contributed by atoms with Crippen LogP contribution < -0.4 is 5.19 Å².